The molecule has 0 aliphatic carbocycles. The molecule has 2 aromatic carbocycles. The lowest BCUT2D eigenvalue weighted by Crippen LogP contribution is -2.06. The van der Waals surface area contributed by atoms with Crippen LogP contribution in [0.1, 0.15) is 16.2 Å². The van der Waals surface area contributed by atoms with Crippen molar-refractivity contribution in [3.63, 3.8) is 0 Å². The largest absolute Gasteiger partial charge is 0.497 e. The summed E-state index contributed by atoms with van der Waals surface area (Å²) in [6.45, 7) is 0. The molecule has 0 saturated heterocycles. The number of fused-ring (bicyclic) bond motifs is 1. The predicted octanol–water partition coefficient (Wildman–Crippen LogP) is 3.40. The average Bonchev–Trinajstić information content (AvgIpc) is 2.88. The number of ether oxygens (including phenoxy) is 1. The van der Waals surface area contributed by atoms with E-state index in [0.717, 1.165) is 0 Å². The molecular weight excluding hydrogens is 273 g/mol. The molecule has 0 radical (unpaired) electrons. The predicted molar refractivity (Wildman–Crippen MR) is 75.0 cm³/mol. The third kappa shape index (κ3) is 2.63. The maximum absolute atomic E-state index is 13.8. The SMILES string of the molecule is COc1ccc(C(=O)Cc2nc3ccccc3o2)c(F)c1. The second-order valence-corrected chi connectivity index (χ2v) is 4.52. The molecule has 0 atom stereocenters. The maximum atomic E-state index is 13.8. The molecule has 4 nitrogen and oxygen atoms in total. The van der Waals surface area contributed by atoms with Gasteiger partial charge in [-0.2, -0.15) is 0 Å². The van der Waals surface area contributed by atoms with E-state index in [2.05, 4.69) is 4.98 Å². The van der Waals surface area contributed by atoms with Gasteiger partial charge in [0, 0.05) is 6.07 Å². The molecule has 0 unspecified atom stereocenters. The molecule has 0 saturated carbocycles. The summed E-state index contributed by atoms with van der Waals surface area (Å²) in [5, 5.41) is 0. The third-order valence-electron chi connectivity index (χ3n) is 3.13. The second kappa shape index (κ2) is 5.36. The zero-order valence-electron chi connectivity index (χ0n) is 11.3. The van der Waals surface area contributed by atoms with Crippen molar-refractivity contribution < 1.29 is 18.3 Å². The fraction of sp³-hybridized carbons (Fsp3) is 0.125. The molecule has 0 aliphatic heterocycles. The van der Waals surface area contributed by atoms with Crippen molar-refractivity contribution in [2.75, 3.05) is 7.11 Å². The van der Waals surface area contributed by atoms with Crippen molar-refractivity contribution in [1.82, 2.24) is 4.98 Å². The van der Waals surface area contributed by atoms with Crippen LogP contribution in [0.4, 0.5) is 4.39 Å². The number of carbonyl (C=O) groups excluding carboxylic acids is 1. The quantitative estimate of drug-likeness (QED) is 0.689. The molecule has 0 spiro atoms. The van der Waals surface area contributed by atoms with Gasteiger partial charge in [-0.3, -0.25) is 4.79 Å². The van der Waals surface area contributed by atoms with Crippen LogP contribution in [-0.4, -0.2) is 17.9 Å². The van der Waals surface area contributed by atoms with Crippen LogP contribution in [0.15, 0.2) is 46.9 Å². The van der Waals surface area contributed by atoms with Gasteiger partial charge in [-0.25, -0.2) is 9.37 Å². The number of nitrogens with zero attached hydrogens (tertiary/aromatic N) is 1. The average molecular weight is 285 g/mol. The summed E-state index contributed by atoms with van der Waals surface area (Å²) in [5.41, 5.74) is 1.28. The number of Topliss-reactive ketones (excluding diaryl/α,β-unsaturated/α-hetero) is 1. The van der Waals surface area contributed by atoms with E-state index in [1.807, 2.05) is 12.1 Å². The number of carbonyl (C=O) groups is 1. The van der Waals surface area contributed by atoms with Crippen LogP contribution in [0.3, 0.4) is 0 Å². The van der Waals surface area contributed by atoms with Crippen molar-refractivity contribution in [2.45, 2.75) is 6.42 Å². The highest BCUT2D eigenvalue weighted by molar-refractivity contribution is 5.97. The minimum absolute atomic E-state index is 0.00180. The molecule has 3 aromatic rings. The Morgan fingerprint density at radius 2 is 2.10 bits per heavy atom. The van der Waals surface area contributed by atoms with Crippen molar-refractivity contribution in [2.24, 2.45) is 0 Å². The zero-order valence-corrected chi connectivity index (χ0v) is 11.3. The first kappa shape index (κ1) is 13.3. The van der Waals surface area contributed by atoms with Crippen LogP contribution in [0.25, 0.3) is 11.1 Å². The van der Waals surface area contributed by atoms with Crippen LogP contribution in [0.2, 0.25) is 0 Å². The number of hydrogen-bond donors (Lipinski definition) is 0. The minimum Gasteiger partial charge on any atom is -0.497 e. The highest BCUT2D eigenvalue weighted by atomic mass is 19.1. The molecule has 3 rings (SSSR count). The number of para-hydroxylation sites is 2. The maximum Gasteiger partial charge on any atom is 0.203 e. The van der Waals surface area contributed by atoms with Gasteiger partial charge < -0.3 is 9.15 Å². The number of benzene rings is 2. The van der Waals surface area contributed by atoms with Gasteiger partial charge in [0.1, 0.15) is 17.1 Å². The molecule has 1 heterocycles. The number of ketones is 1. The molecule has 21 heavy (non-hydrogen) atoms. The number of aromatic nitrogens is 1. The van der Waals surface area contributed by atoms with Gasteiger partial charge in [0.25, 0.3) is 0 Å². The van der Waals surface area contributed by atoms with E-state index in [4.69, 9.17) is 9.15 Å². The molecule has 0 fully saturated rings. The fourth-order valence-corrected chi connectivity index (χ4v) is 2.08. The summed E-state index contributed by atoms with van der Waals surface area (Å²) < 4.78 is 24.2. The van der Waals surface area contributed by atoms with Crippen molar-refractivity contribution in [3.05, 3.63) is 59.7 Å². The molecule has 5 heteroatoms. The van der Waals surface area contributed by atoms with Crippen molar-refractivity contribution >= 4 is 16.9 Å². The van der Waals surface area contributed by atoms with E-state index in [0.29, 0.717) is 16.8 Å². The molecule has 0 bridgehead atoms. The van der Waals surface area contributed by atoms with Crippen LogP contribution in [0, 0.1) is 5.82 Å². The standard InChI is InChI=1S/C16H12FNO3/c1-20-10-6-7-11(12(17)8-10)14(19)9-16-18-13-4-2-3-5-15(13)21-16/h2-8H,9H2,1H3. The number of methoxy groups -OCH3 is 1. The zero-order chi connectivity index (χ0) is 14.8. The number of halogens is 1. The van der Waals surface area contributed by atoms with Gasteiger partial charge in [-0.15, -0.1) is 0 Å². The van der Waals surface area contributed by atoms with Gasteiger partial charge >= 0.3 is 0 Å². The Hall–Kier alpha value is -2.69. The molecular formula is C16H12FNO3. The molecule has 1 aromatic heterocycles. The highest BCUT2D eigenvalue weighted by Crippen LogP contribution is 2.20. The molecule has 0 amide bonds. The van der Waals surface area contributed by atoms with Gasteiger partial charge in [-0.05, 0) is 24.3 Å². The van der Waals surface area contributed by atoms with Crippen molar-refractivity contribution in [1.29, 1.82) is 0 Å². The first-order valence-corrected chi connectivity index (χ1v) is 6.38. The summed E-state index contributed by atoms with van der Waals surface area (Å²) in [7, 11) is 1.44. The lowest BCUT2D eigenvalue weighted by atomic mass is 10.1. The molecule has 0 N–H and O–H groups in total. The van der Waals surface area contributed by atoms with Crippen LogP contribution < -0.4 is 4.74 Å². The normalized spacial score (nSPS) is 10.8. The van der Waals surface area contributed by atoms with Crippen LogP contribution in [0.5, 0.6) is 5.75 Å². The number of rotatable bonds is 4. The summed E-state index contributed by atoms with van der Waals surface area (Å²) in [4.78, 5) is 16.3. The summed E-state index contributed by atoms with van der Waals surface area (Å²) >= 11 is 0. The Bertz CT molecular complexity index is 777. The van der Waals surface area contributed by atoms with E-state index in [1.165, 1.54) is 19.2 Å². The summed E-state index contributed by atoms with van der Waals surface area (Å²) in [5.74, 6) is -0.362. The van der Waals surface area contributed by atoms with E-state index in [1.54, 1.807) is 18.2 Å². The first-order chi connectivity index (χ1) is 10.2. The molecule has 0 aliphatic rings. The fourth-order valence-electron chi connectivity index (χ4n) is 2.08. The van der Waals surface area contributed by atoms with Gasteiger partial charge in [0.05, 0.1) is 19.1 Å². The topological polar surface area (TPSA) is 52.3 Å². The van der Waals surface area contributed by atoms with Gasteiger partial charge in [-0.1, -0.05) is 12.1 Å². The van der Waals surface area contributed by atoms with Gasteiger partial charge in [0.15, 0.2) is 11.4 Å². The van der Waals surface area contributed by atoms with Crippen LogP contribution >= 0.6 is 0 Å². The van der Waals surface area contributed by atoms with E-state index in [9.17, 15) is 9.18 Å². The summed E-state index contributed by atoms with van der Waals surface area (Å²) in [6, 6.07) is 11.3. The third-order valence-corrected chi connectivity index (χ3v) is 3.13. The Morgan fingerprint density at radius 3 is 2.81 bits per heavy atom. The number of hydrogen-bond acceptors (Lipinski definition) is 4. The lowest BCUT2D eigenvalue weighted by Gasteiger charge is -2.03. The van der Waals surface area contributed by atoms with E-state index < -0.39 is 5.82 Å². The van der Waals surface area contributed by atoms with Gasteiger partial charge in [0.2, 0.25) is 5.89 Å². The Balaban J connectivity index is 1.85. The molecule has 106 valence electrons. The van der Waals surface area contributed by atoms with Crippen molar-refractivity contribution in [3.8, 4) is 5.75 Å². The smallest absolute Gasteiger partial charge is 0.203 e. The first-order valence-electron chi connectivity index (χ1n) is 6.38. The summed E-state index contributed by atoms with van der Waals surface area (Å²) in [6.07, 6.45) is -0.0854. The lowest BCUT2D eigenvalue weighted by molar-refractivity contribution is 0.0982. The monoisotopic (exact) mass is 285 g/mol. The minimum atomic E-state index is -0.615. The van der Waals surface area contributed by atoms with Crippen LogP contribution in [-0.2, 0) is 6.42 Å². The van der Waals surface area contributed by atoms with E-state index >= 15 is 0 Å². The number of oxazole rings is 1. The van der Waals surface area contributed by atoms with E-state index in [-0.39, 0.29) is 23.7 Å². The highest BCUT2D eigenvalue weighted by Gasteiger charge is 2.16. The Labute approximate surface area is 120 Å². The second-order valence-electron chi connectivity index (χ2n) is 4.52. The Morgan fingerprint density at radius 1 is 1.29 bits per heavy atom. The Kier molecular flexibility index (Phi) is 3.39.